The number of carbonyl (C=O) groups is 1. The Morgan fingerprint density at radius 3 is 1.84 bits per heavy atom. The van der Waals surface area contributed by atoms with Gasteiger partial charge in [0.25, 0.3) is 0 Å². The van der Waals surface area contributed by atoms with Crippen molar-refractivity contribution in [1.29, 1.82) is 0 Å². The molecule has 0 aliphatic rings. The van der Waals surface area contributed by atoms with E-state index in [4.69, 9.17) is 0 Å². The molecule has 0 spiro atoms. The molecule has 4 aromatic rings. The molecule has 1 amide bonds. The predicted octanol–water partition coefficient (Wildman–Crippen LogP) is 5.41. The monoisotopic (exact) mass is 510 g/mol. The summed E-state index contributed by atoms with van der Waals surface area (Å²) in [5.41, 5.74) is 4.40. The average Bonchev–Trinajstić information content (AvgIpc) is 2.97. The van der Waals surface area contributed by atoms with Crippen LogP contribution in [0.25, 0.3) is 0 Å². The van der Waals surface area contributed by atoms with Crippen molar-refractivity contribution in [3.63, 3.8) is 0 Å². The Hall–Kier alpha value is -3.90. The van der Waals surface area contributed by atoms with E-state index in [9.17, 15) is 9.18 Å². The fraction of sp³-hybridized carbons (Fsp3) is 0.281. The number of rotatable bonds is 13. The summed E-state index contributed by atoms with van der Waals surface area (Å²) in [6.07, 6.45) is 11.1. The Morgan fingerprint density at radius 2 is 1.32 bits per heavy atom. The fourth-order valence-corrected chi connectivity index (χ4v) is 4.76. The van der Waals surface area contributed by atoms with Crippen LogP contribution < -0.4 is 5.32 Å². The highest BCUT2D eigenvalue weighted by molar-refractivity contribution is 5.82. The lowest BCUT2D eigenvalue weighted by atomic mass is 9.96. The van der Waals surface area contributed by atoms with E-state index in [1.807, 2.05) is 66.5 Å². The number of hydrogen-bond acceptors (Lipinski definition) is 4. The second kappa shape index (κ2) is 14.1. The van der Waals surface area contributed by atoms with Gasteiger partial charge in [0.15, 0.2) is 0 Å². The summed E-state index contributed by atoms with van der Waals surface area (Å²) in [6, 6.07) is 24.2. The van der Waals surface area contributed by atoms with Crippen molar-refractivity contribution in [1.82, 2.24) is 20.2 Å². The van der Waals surface area contributed by atoms with E-state index in [1.54, 1.807) is 36.9 Å². The number of aryl methyl sites for hydroxylation is 2. The van der Waals surface area contributed by atoms with Crippen molar-refractivity contribution in [2.75, 3.05) is 7.05 Å². The van der Waals surface area contributed by atoms with Gasteiger partial charge in [-0.1, -0.05) is 42.5 Å². The summed E-state index contributed by atoms with van der Waals surface area (Å²) in [5, 5.41) is 3.26. The van der Waals surface area contributed by atoms with Gasteiger partial charge in [-0.25, -0.2) is 4.39 Å². The zero-order chi connectivity index (χ0) is 26.6. The second-order valence-electron chi connectivity index (χ2n) is 9.57. The molecule has 0 aliphatic heterocycles. The predicted molar refractivity (Wildman–Crippen MR) is 149 cm³/mol. The lowest BCUT2D eigenvalue weighted by Crippen LogP contribution is -2.50. The van der Waals surface area contributed by atoms with Gasteiger partial charge in [-0.05, 0) is 97.8 Å². The maximum Gasteiger partial charge on any atom is 0.240 e. The van der Waals surface area contributed by atoms with Gasteiger partial charge in [-0.3, -0.25) is 14.8 Å². The Bertz CT molecular complexity index is 1190. The highest BCUT2D eigenvalue weighted by Crippen LogP contribution is 2.21. The lowest BCUT2D eigenvalue weighted by Gasteiger charge is -2.35. The molecule has 5 nitrogen and oxygen atoms in total. The summed E-state index contributed by atoms with van der Waals surface area (Å²) in [7, 11) is 1.84. The number of halogens is 1. The van der Waals surface area contributed by atoms with Crippen molar-refractivity contribution in [3.05, 3.63) is 132 Å². The lowest BCUT2D eigenvalue weighted by molar-refractivity contribution is -0.136. The first-order valence-corrected chi connectivity index (χ1v) is 13.2. The summed E-state index contributed by atoms with van der Waals surface area (Å²) in [6.45, 7) is 0.420. The number of pyridine rings is 2. The van der Waals surface area contributed by atoms with Crippen LogP contribution in [0.4, 0.5) is 4.39 Å². The third kappa shape index (κ3) is 8.05. The molecule has 0 radical (unpaired) electrons. The molecule has 0 fully saturated rings. The highest BCUT2D eigenvalue weighted by Gasteiger charge is 2.29. The topological polar surface area (TPSA) is 58.1 Å². The molecule has 196 valence electrons. The molecule has 1 unspecified atom stereocenters. The van der Waals surface area contributed by atoms with Crippen molar-refractivity contribution < 1.29 is 9.18 Å². The maximum atomic E-state index is 14.2. The minimum atomic E-state index is -0.373. The first kappa shape index (κ1) is 27.1. The Balaban J connectivity index is 1.62. The molecule has 0 bridgehead atoms. The molecular weight excluding hydrogens is 475 g/mol. The molecular formula is C32H35FN4O. The van der Waals surface area contributed by atoms with E-state index in [-0.39, 0.29) is 23.8 Å². The van der Waals surface area contributed by atoms with Crippen LogP contribution in [0.15, 0.2) is 104 Å². The van der Waals surface area contributed by atoms with Crippen LogP contribution in [0.5, 0.6) is 0 Å². The van der Waals surface area contributed by atoms with Crippen LogP contribution in [0.2, 0.25) is 0 Å². The number of hydrogen-bond donors (Lipinski definition) is 1. The van der Waals surface area contributed by atoms with Gasteiger partial charge < -0.3 is 10.2 Å². The molecule has 1 N–H and O–H groups in total. The third-order valence-corrected chi connectivity index (χ3v) is 6.95. The Morgan fingerprint density at radius 1 is 0.763 bits per heavy atom. The number of benzene rings is 2. The van der Waals surface area contributed by atoms with Gasteiger partial charge >= 0.3 is 0 Å². The quantitative estimate of drug-likeness (QED) is 0.261. The molecule has 2 aromatic heterocycles. The summed E-state index contributed by atoms with van der Waals surface area (Å²) < 4.78 is 13.7. The molecule has 0 saturated carbocycles. The molecule has 6 heteroatoms. The standard InChI is InChI=1S/C32H35FN4O/c1-34-31(23-27-5-3-2-4-6-27)32(38)37(24-28-7-11-29(33)12-8-28)30(13-9-25-15-19-35-20-16-25)14-10-26-17-21-36-22-18-26/h2-8,11-12,15-22,30-31,34H,9-10,13-14,23-24H2,1H3. The van der Waals surface area contributed by atoms with E-state index >= 15 is 0 Å². The van der Waals surface area contributed by atoms with Crippen LogP contribution >= 0.6 is 0 Å². The first-order chi connectivity index (χ1) is 18.6. The number of amides is 1. The normalized spacial score (nSPS) is 11.9. The highest BCUT2D eigenvalue weighted by atomic mass is 19.1. The summed E-state index contributed by atoms with van der Waals surface area (Å²) in [4.78, 5) is 24.5. The number of nitrogens with one attached hydrogen (secondary N) is 1. The van der Waals surface area contributed by atoms with Gasteiger partial charge in [0.2, 0.25) is 5.91 Å². The Labute approximate surface area is 224 Å². The number of aromatic nitrogens is 2. The van der Waals surface area contributed by atoms with E-state index in [2.05, 4.69) is 15.3 Å². The largest absolute Gasteiger partial charge is 0.334 e. The molecule has 2 aromatic carbocycles. The van der Waals surface area contributed by atoms with Crippen molar-refractivity contribution in [2.24, 2.45) is 0 Å². The van der Waals surface area contributed by atoms with Crippen LogP contribution in [0, 0.1) is 5.82 Å². The summed E-state index contributed by atoms with van der Waals surface area (Å²) in [5.74, 6) is -0.231. The van der Waals surface area contributed by atoms with Crippen LogP contribution in [0.3, 0.4) is 0 Å². The molecule has 1 atom stereocenters. The SMILES string of the molecule is CNC(Cc1ccccc1)C(=O)N(Cc1ccc(F)cc1)C(CCc1ccncc1)CCc1ccncc1. The van der Waals surface area contributed by atoms with Gasteiger partial charge in [0, 0.05) is 37.4 Å². The zero-order valence-electron chi connectivity index (χ0n) is 21.8. The molecule has 38 heavy (non-hydrogen) atoms. The molecule has 2 heterocycles. The van der Waals surface area contributed by atoms with Crippen LogP contribution in [-0.2, 0) is 30.6 Å². The van der Waals surface area contributed by atoms with Gasteiger partial charge in [0.05, 0.1) is 6.04 Å². The van der Waals surface area contributed by atoms with Crippen LogP contribution in [0.1, 0.15) is 35.1 Å². The minimum Gasteiger partial charge on any atom is -0.334 e. The maximum absolute atomic E-state index is 14.2. The average molecular weight is 511 g/mol. The number of nitrogens with zero attached hydrogens (tertiary/aromatic N) is 3. The zero-order valence-corrected chi connectivity index (χ0v) is 21.8. The van der Waals surface area contributed by atoms with Crippen LogP contribution in [-0.4, -0.2) is 39.9 Å². The van der Waals surface area contributed by atoms with Crippen molar-refractivity contribution in [2.45, 2.75) is 50.7 Å². The summed E-state index contributed by atoms with van der Waals surface area (Å²) >= 11 is 0. The van der Waals surface area contributed by atoms with Gasteiger partial charge in [0.1, 0.15) is 5.82 Å². The number of carbonyl (C=O) groups excluding carboxylic acids is 1. The van der Waals surface area contributed by atoms with Gasteiger partial charge in [-0.15, -0.1) is 0 Å². The third-order valence-electron chi connectivity index (χ3n) is 6.95. The van der Waals surface area contributed by atoms with E-state index < -0.39 is 0 Å². The van der Waals surface area contributed by atoms with E-state index in [0.29, 0.717) is 13.0 Å². The molecule has 4 rings (SSSR count). The Kier molecular flexibility index (Phi) is 10.1. The molecule has 0 aliphatic carbocycles. The van der Waals surface area contributed by atoms with Crippen molar-refractivity contribution in [3.8, 4) is 0 Å². The smallest absolute Gasteiger partial charge is 0.240 e. The minimum absolute atomic E-state index is 0.0134. The fourth-order valence-electron chi connectivity index (χ4n) is 4.76. The van der Waals surface area contributed by atoms with Gasteiger partial charge in [-0.2, -0.15) is 0 Å². The van der Waals surface area contributed by atoms with E-state index in [1.165, 1.54) is 23.3 Å². The van der Waals surface area contributed by atoms with E-state index in [0.717, 1.165) is 36.8 Å². The van der Waals surface area contributed by atoms with Crippen molar-refractivity contribution >= 4 is 5.91 Å². The second-order valence-corrected chi connectivity index (χ2v) is 9.57. The first-order valence-electron chi connectivity index (χ1n) is 13.2. The molecule has 0 saturated heterocycles. The number of likely N-dealkylation sites (N-methyl/N-ethyl adjacent to an activating group) is 1.